The number of nitrogen functional groups attached to an aromatic ring is 1. The Bertz CT molecular complexity index is 3910. The molecule has 88 heavy (non-hydrogen) atoms. The van der Waals surface area contributed by atoms with E-state index >= 15 is 0 Å². The predicted molar refractivity (Wildman–Crippen MR) is 352 cm³/mol. The van der Waals surface area contributed by atoms with Crippen molar-refractivity contribution in [3.63, 3.8) is 0 Å². The van der Waals surface area contributed by atoms with Crippen molar-refractivity contribution in [1.82, 2.24) is 28.4 Å². The lowest BCUT2D eigenvalue weighted by molar-refractivity contribution is 0.0367. The van der Waals surface area contributed by atoms with Crippen LogP contribution in [0.15, 0.2) is 119 Å². The number of morpholine rings is 2. The quantitative estimate of drug-likeness (QED) is 0.0638. The lowest BCUT2D eigenvalue weighted by Gasteiger charge is -2.26. The Morgan fingerprint density at radius 3 is 1.44 bits per heavy atom. The van der Waals surface area contributed by atoms with E-state index in [2.05, 4.69) is 25.1 Å². The zero-order valence-corrected chi connectivity index (χ0v) is 54.3. The number of amides is 1. The molecule has 1 amide bonds. The van der Waals surface area contributed by atoms with Crippen molar-refractivity contribution in [2.45, 2.75) is 113 Å². The molecule has 0 aliphatic carbocycles. The van der Waals surface area contributed by atoms with Crippen molar-refractivity contribution in [3.8, 4) is 11.5 Å². The number of carbonyl (C=O) groups excluding carboxylic acids is 1. The molecule has 0 spiro atoms. The number of anilines is 2. The van der Waals surface area contributed by atoms with Crippen LogP contribution in [-0.2, 0) is 29.5 Å². The number of nitrogens with two attached hydrogens (primary N) is 1. The van der Waals surface area contributed by atoms with Gasteiger partial charge < -0.3 is 29.8 Å². The van der Waals surface area contributed by atoms with Gasteiger partial charge in [-0.1, -0.05) is 71.2 Å². The van der Waals surface area contributed by atoms with Crippen molar-refractivity contribution in [3.05, 3.63) is 120 Å². The van der Waals surface area contributed by atoms with Gasteiger partial charge in [0.05, 0.1) is 75.4 Å². The number of benzene rings is 6. The van der Waals surface area contributed by atoms with E-state index in [-0.39, 0.29) is 52.9 Å². The molecule has 0 radical (unpaired) electrons. The average Bonchev–Trinajstić information content (AvgIpc) is 2.89. The van der Waals surface area contributed by atoms with Crippen LogP contribution >= 0.6 is 35.1 Å². The molecular weight excluding hydrogens is 1220 g/mol. The van der Waals surface area contributed by atoms with Crippen LogP contribution in [0.5, 0.6) is 11.5 Å². The molecule has 4 N–H and O–H groups in total. The van der Waals surface area contributed by atoms with Crippen LogP contribution < -0.4 is 20.5 Å². The van der Waals surface area contributed by atoms with Gasteiger partial charge >= 0.3 is 5.97 Å². The predicted octanol–water partition coefficient (Wildman–Crippen LogP) is 11.6. The first-order valence-electron chi connectivity index (χ1n) is 30.0. The minimum absolute atomic E-state index is 0. The molecule has 8 aromatic rings. The number of nitrogens with zero attached hydrogens (tertiary/aromatic N) is 6. The number of fused-ring (bicyclic) bond motifs is 4. The summed E-state index contributed by atoms with van der Waals surface area (Å²) in [7, 11) is -7.08. The number of unbranched alkanes of at least 4 members (excludes halogenated alkanes) is 2. The molecule has 0 saturated carbocycles. The fourth-order valence-corrected chi connectivity index (χ4v) is 17.5. The van der Waals surface area contributed by atoms with E-state index in [0.29, 0.717) is 55.7 Å². The number of aromatic nitrogens is 2. The second-order valence-electron chi connectivity index (χ2n) is 22.7. The average molecular weight is 1300 g/mol. The third-order valence-electron chi connectivity index (χ3n) is 16.5. The van der Waals surface area contributed by atoms with E-state index in [1.54, 1.807) is 51.1 Å². The third-order valence-corrected chi connectivity index (χ3v) is 22.5. The van der Waals surface area contributed by atoms with Gasteiger partial charge in [0.15, 0.2) is 10.3 Å². The Morgan fingerprint density at radius 1 is 0.580 bits per heavy atom. The fraction of sp³-hybridized carbons (Fsp3) is 0.438. The largest absolute Gasteiger partial charge is 0.493 e. The van der Waals surface area contributed by atoms with Crippen LogP contribution in [0.3, 0.4) is 0 Å². The van der Waals surface area contributed by atoms with E-state index in [1.807, 2.05) is 94.4 Å². The molecule has 2 aromatic heterocycles. The summed E-state index contributed by atoms with van der Waals surface area (Å²) in [6.07, 6.45) is 7.37. The van der Waals surface area contributed by atoms with Crippen molar-refractivity contribution in [2.75, 3.05) is 90.0 Å². The van der Waals surface area contributed by atoms with Gasteiger partial charge in [-0.05, 0) is 174 Å². The maximum absolute atomic E-state index is 13.6. The van der Waals surface area contributed by atoms with Crippen LogP contribution in [0.1, 0.15) is 99.8 Å². The molecule has 6 heterocycles. The van der Waals surface area contributed by atoms with Gasteiger partial charge in [-0.2, -0.15) is 8.61 Å². The first kappa shape index (κ1) is 66.3. The van der Waals surface area contributed by atoms with E-state index in [9.17, 15) is 31.5 Å². The van der Waals surface area contributed by atoms with Crippen molar-refractivity contribution >= 4 is 119 Å². The van der Waals surface area contributed by atoms with Gasteiger partial charge in [0.25, 0.3) is 5.91 Å². The minimum Gasteiger partial charge on any atom is -0.493 e. The number of hydrogen-bond acceptors (Lipinski definition) is 17. The topological polar surface area (TPSA) is 236 Å². The van der Waals surface area contributed by atoms with Gasteiger partial charge in [-0.25, -0.2) is 31.6 Å². The maximum atomic E-state index is 13.6. The van der Waals surface area contributed by atoms with Crippen molar-refractivity contribution < 1.29 is 50.5 Å². The first-order valence-corrected chi connectivity index (χ1v) is 34.5. The first-order chi connectivity index (χ1) is 41.9. The Kier molecular flexibility index (Phi) is 22.7. The van der Waals surface area contributed by atoms with Gasteiger partial charge in [0, 0.05) is 50.3 Å². The summed E-state index contributed by atoms with van der Waals surface area (Å²) >= 11 is 2.57. The monoisotopic (exact) mass is 1300 g/mol. The van der Waals surface area contributed by atoms with Crippen LogP contribution in [0, 0.1) is 0 Å². The summed E-state index contributed by atoms with van der Waals surface area (Å²) in [6, 6.07) is 32.9. The highest BCUT2D eigenvalue weighted by atomic mass is 35.5. The Labute approximate surface area is 529 Å². The minimum atomic E-state index is -3.63. The number of nitrogens with one attached hydrogen (secondary N) is 1. The fourth-order valence-electron chi connectivity index (χ4n) is 11.8. The number of carbonyl (C=O) groups is 2. The number of ether oxygens (including phenoxy) is 4. The van der Waals surface area contributed by atoms with Gasteiger partial charge in [-0.3, -0.25) is 19.9 Å². The lowest BCUT2D eigenvalue weighted by Crippen LogP contribution is -2.38. The normalized spacial score (nSPS) is 19.6. The van der Waals surface area contributed by atoms with E-state index < -0.39 is 26.0 Å². The van der Waals surface area contributed by atoms with Crippen molar-refractivity contribution in [2.24, 2.45) is 0 Å². The van der Waals surface area contributed by atoms with Crippen LogP contribution in [-0.4, -0.2) is 165 Å². The maximum Gasteiger partial charge on any atom is 0.339 e. The SMILES string of the molecule is C[C@@H]1CC[C@H](C)N1S(=O)(=O)c1ccc2nc(N)sc2c1.C[C@@H]1CC[C@H](C)N1S(=O)(=O)c1ccc2nc(NC(=O)c3cc4ccccc4cc3OCCCCN3CCOCC3)sc2c1.Cl.O=C(O)c1cc2ccccc2cc1OCCCCN1CCOCC1. The Hall–Kier alpha value is -6.09. The highest BCUT2D eigenvalue weighted by Crippen LogP contribution is 2.37. The summed E-state index contributed by atoms with van der Waals surface area (Å²) in [5.74, 6) is -0.289. The summed E-state index contributed by atoms with van der Waals surface area (Å²) in [5.41, 5.74) is 7.70. The zero-order chi connectivity index (χ0) is 61.2. The molecule has 4 aliphatic rings. The third kappa shape index (κ3) is 16.1. The van der Waals surface area contributed by atoms with Crippen molar-refractivity contribution in [1.29, 1.82) is 0 Å². The summed E-state index contributed by atoms with van der Waals surface area (Å²) in [6.45, 7) is 18.1. The van der Waals surface area contributed by atoms with Crippen LogP contribution in [0.2, 0.25) is 0 Å². The van der Waals surface area contributed by atoms with E-state index in [0.717, 1.165) is 149 Å². The summed E-state index contributed by atoms with van der Waals surface area (Å²) in [4.78, 5) is 39.1. The second-order valence-corrected chi connectivity index (χ2v) is 28.5. The molecule has 6 aromatic carbocycles. The number of carboxylic acid groups (broad SMARTS) is 1. The highest BCUT2D eigenvalue weighted by molar-refractivity contribution is 7.89. The number of aromatic carboxylic acids is 1. The van der Waals surface area contributed by atoms with Gasteiger partial charge in [-0.15, -0.1) is 12.4 Å². The zero-order valence-electron chi connectivity index (χ0n) is 50.2. The molecule has 472 valence electrons. The second kappa shape index (κ2) is 30.1. The molecule has 4 atom stereocenters. The summed E-state index contributed by atoms with van der Waals surface area (Å²) < 4.78 is 79.9. The van der Waals surface area contributed by atoms with Gasteiger partial charge in [0.2, 0.25) is 20.0 Å². The number of rotatable bonds is 19. The van der Waals surface area contributed by atoms with E-state index in [1.165, 1.54) is 22.7 Å². The molecule has 4 aliphatic heterocycles. The molecule has 0 bridgehead atoms. The number of carboxylic acids is 1. The molecule has 0 unspecified atom stereocenters. The molecule has 4 saturated heterocycles. The standard InChI is InChI=1S/C32H38N4O5S2.C19H23NO4.C13H17N3O2S2.ClH/c1-22-9-10-23(2)36(22)43(38,39)26-11-12-28-30(21-26)42-32(33-28)34-31(37)27-19-24-7-3-4-8-25(24)20-29(27)41-16-6-5-13-35-14-17-40-18-15-35;21-19(22)17-13-15-5-1-2-6-16(15)14-18(17)24-10-4-3-7-20-8-11-23-12-9-20;1-8-3-4-9(2)16(8)20(17,18)10-5-6-11-12(7-10)19-13(14)15-11;/h3-4,7-8,11-12,19-23H,5-6,9-10,13-18H2,1-2H3,(H,33,34,37);1-2,5-6,13-14H,3-4,7-12H2,(H,21,22);5-9H,3-4H2,1-2H3,(H2,14,15);1H/t22-,23+;;8-,9+;. The summed E-state index contributed by atoms with van der Waals surface area (Å²) in [5, 5.41) is 17.0. The lowest BCUT2D eigenvalue weighted by atomic mass is 10.1. The molecular formula is C64H79ClN8O11S4. The smallest absolute Gasteiger partial charge is 0.339 e. The van der Waals surface area contributed by atoms with Crippen LogP contribution in [0.25, 0.3) is 42.0 Å². The molecule has 24 heteroatoms. The number of thiazole rings is 2. The van der Waals surface area contributed by atoms with E-state index in [4.69, 9.17) is 24.7 Å². The number of hydrogen-bond donors (Lipinski definition) is 3. The number of halogens is 1. The molecule has 4 fully saturated rings. The molecule has 12 rings (SSSR count). The van der Waals surface area contributed by atoms with Gasteiger partial charge in [0.1, 0.15) is 17.1 Å². The number of sulfonamides is 2. The Balaban J connectivity index is 0.000000172. The highest BCUT2D eigenvalue weighted by Gasteiger charge is 2.39. The molecule has 19 nitrogen and oxygen atoms in total. The van der Waals surface area contributed by atoms with Crippen LogP contribution in [0.4, 0.5) is 10.3 Å². The Morgan fingerprint density at radius 2 is 0.989 bits per heavy atom.